The van der Waals surface area contributed by atoms with Gasteiger partial charge in [0.2, 0.25) is 5.91 Å². The second-order valence-electron chi connectivity index (χ2n) is 6.54. The smallest absolute Gasteiger partial charge is 0.318 e. The van der Waals surface area contributed by atoms with Gasteiger partial charge in [-0.15, -0.1) is 0 Å². The average Bonchev–Trinajstić information content (AvgIpc) is 3.20. The highest BCUT2D eigenvalue weighted by Gasteiger charge is 2.20. The van der Waals surface area contributed by atoms with Crippen molar-refractivity contribution in [3.8, 4) is 10.4 Å². The van der Waals surface area contributed by atoms with Gasteiger partial charge in [-0.1, -0.05) is 65.9 Å². The van der Waals surface area contributed by atoms with E-state index in [2.05, 4.69) is 21.7 Å². The Morgan fingerprint density at radius 2 is 1.79 bits per heavy atom. The minimum atomic E-state index is -0.292. The SMILES string of the molecule is O=C(CNC(=O)N1CCc2ccccc2C1)Nc1ncc(-c2ccccc2)s1. The predicted molar refractivity (Wildman–Crippen MR) is 110 cm³/mol. The molecule has 1 aromatic heterocycles. The maximum atomic E-state index is 12.4. The summed E-state index contributed by atoms with van der Waals surface area (Å²) in [4.78, 5) is 31.5. The van der Waals surface area contributed by atoms with E-state index in [0.29, 0.717) is 18.2 Å². The number of nitrogens with one attached hydrogen (secondary N) is 2. The van der Waals surface area contributed by atoms with Crippen LogP contribution in [-0.2, 0) is 17.8 Å². The van der Waals surface area contributed by atoms with Crippen LogP contribution >= 0.6 is 11.3 Å². The first-order chi connectivity index (χ1) is 13.7. The fraction of sp³-hybridized carbons (Fsp3) is 0.190. The number of benzene rings is 2. The minimum absolute atomic E-state index is 0.0861. The molecule has 0 saturated carbocycles. The number of amides is 3. The van der Waals surface area contributed by atoms with Crippen molar-refractivity contribution in [1.29, 1.82) is 0 Å². The Bertz CT molecular complexity index is 987. The molecule has 1 aliphatic heterocycles. The zero-order chi connectivity index (χ0) is 19.3. The zero-order valence-electron chi connectivity index (χ0n) is 15.2. The summed E-state index contributed by atoms with van der Waals surface area (Å²) in [5.74, 6) is -0.292. The van der Waals surface area contributed by atoms with E-state index in [1.807, 2.05) is 48.5 Å². The van der Waals surface area contributed by atoms with Gasteiger partial charge in [0.15, 0.2) is 5.13 Å². The number of carbonyl (C=O) groups excluding carboxylic acids is 2. The third kappa shape index (κ3) is 4.20. The van der Waals surface area contributed by atoms with Crippen molar-refractivity contribution in [3.63, 3.8) is 0 Å². The Morgan fingerprint density at radius 3 is 2.61 bits per heavy atom. The number of hydrogen-bond donors (Lipinski definition) is 2. The second-order valence-corrected chi connectivity index (χ2v) is 7.57. The standard InChI is InChI=1S/C21H20N4O2S/c26-19(24-20-22-12-18(28-20)16-7-2-1-3-8-16)13-23-21(27)25-11-10-15-6-4-5-9-17(15)14-25/h1-9,12H,10-11,13-14H2,(H,23,27)(H,22,24,26). The van der Waals surface area contributed by atoms with Crippen molar-refractivity contribution in [2.45, 2.75) is 13.0 Å². The van der Waals surface area contributed by atoms with Gasteiger partial charge in [0, 0.05) is 19.3 Å². The molecule has 28 heavy (non-hydrogen) atoms. The molecule has 0 bridgehead atoms. The molecule has 3 amide bonds. The van der Waals surface area contributed by atoms with E-state index < -0.39 is 0 Å². The summed E-state index contributed by atoms with van der Waals surface area (Å²) >= 11 is 1.40. The van der Waals surface area contributed by atoms with Crippen LogP contribution in [0.5, 0.6) is 0 Å². The van der Waals surface area contributed by atoms with Gasteiger partial charge in [-0.25, -0.2) is 9.78 Å². The Hall–Kier alpha value is -3.19. The third-order valence-electron chi connectivity index (χ3n) is 4.63. The summed E-state index contributed by atoms with van der Waals surface area (Å²) in [6.07, 6.45) is 2.57. The third-order valence-corrected chi connectivity index (χ3v) is 5.59. The summed E-state index contributed by atoms with van der Waals surface area (Å²) < 4.78 is 0. The van der Waals surface area contributed by atoms with Crippen LogP contribution in [0.4, 0.5) is 9.93 Å². The topological polar surface area (TPSA) is 74.3 Å². The molecular formula is C21H20N4O2S. The van der Waals surface area contributed by atoms with Crippen LogP contribution < -0.4 is 10.6 Å². The van der Waals surface area contributed by atoms with Gasteiger partial charge in [-0.3, -0.25) is 4.79 Å². The predicted octanol–water partition coefficient (Wildman–Crippen LogP) is 3.52. The van der Waals surface area contributed by atoms with Crippen LogP contribution in [0, 0.1) is 0 Å². The summed E-state index contributed by atoms with van der Waals surface area (Å²) in [6.45, 7) is 1.13. The van der Waals surface area contributed by atoms with Crippen molar-refractivity contribution >= 4 is 28.4 Å². The number of aromatic nitrogens is 1. The van der Waals surface area contributed by atoms with E-state index in [1.54, 1.807) is 11.1 Å². The second kappa shape index (κ2) is 8.22. The van der Waals surface area contributed by atoms with Gasteiger partial charge in [-0.2, -0.15) is 0 Å². The van der Waals surface area contributed by atoms with Crippen LogP contribution in [0.2, 0.25) is 0 Å². The monoisotopic (exact) mass is 392 g/mol. The molecule has 0 radical (unpaired) electrons. The molecule has 0 saturated heterocycles. The Balaban J connectivity index is 1.28. The first-order valence-electron chi connectivity index (χ1n) is 9.10. The van der Waals surface area contributed by atoms with E-state index in [-0.39, 0.29) is 18.5 Å². The van der Waals surface area contributed by atoms with Crippen molar-refractivity contribution in [1.82, 2.24) is 15.2 Å². The highest BCUT2D eigenvalue weighted by atomic mass is 32.1. The molecular weight excluding hydrogens is 372 g/mol. The molecule has 142 valence electrons. The summed E-state index contributed by atoms with van der Waals surface area (Å²) in [5.41, 5.74) is 3.49. The first kappa shape index (κ1) is 18.2. The molecule has 2 N–H and O–H groups in total. The molecule has 4 rings (SSSR count). The lowest BCUT2D eigenvalue weighted by molar-refractivity contribution is -0.115. The van der Waals surface area contributed by atoms with Gasteiger partial charge < -0.3 is 15.5 Å². The van der Waals surface area contributed by atoms with Gasteiger partial charge in [0.25, 0.3) is 0 Å². The summed E-state index contributed by atoms with van der Waals surface area (Å²) in [5, 5.41) is 5.95. The number of hydrogen-bond acceptors (Lipinski definition) is 4. The van der Waals surface area contributed by atoms with Crippen molar-refractivity contribution in [2.24, 2.45) is 0 Å². The average molecular weight is 392 g/mol. The number of thiazole rings is 1. The van der Waals surface area contributed by atoms with Gasteiger partial charge in [0.05, 0.1) is 11.4 Å². The highest BCUT2D eigenvalue weighted by Crippen LogP contribution is 2.28. The normalized spacial score (nSPS) is 12.9. The van der Waals surface area contributed by atoms with E-state index in [4.69, 9.17) is 0 Å². The van der Waals surface area contributed by atoms with Crippen LogP contribution in [0.25, 0.3) is 10.4 Å². The van der Waals surface area contributed by atoms with Crippen molar-refractivity contribution in [3.05, 3.63) is 71.9 Å². The quantitative estimate of drug-likeness (QED) is 0.713. The molecule has 7 heteroatoms. The summed E-state index contributed by atoms with van der Waals surface area (Å²) in [7, 11) is 0. The van der Waals surface area contributed by atoms with Gasteiger partial charge in [-0.05, 0) is 23.1 Å². The molecule has 0 unspecified atom stereocenters. The van der Waals surface area contributed by atoms with Crippen LogP contribution in [0.15, 0.2) is 60.8 Å². The number of rotatable bonds is 4. The van der Waals surface area contributed by atoms with Crippen LogP contribution in [-0.4, -0.2) is 34.9 Å². The largest absolute Gasteiger partial charge is 0.329 e. The lowest BCUT2D eigenvalue weighted by atomic mass is 10.0. The molecule has 0 spiro atoms. The molecule has 0 fully saturated rings. The van der Waals surface area contributed by atoms with E-state index in [1.165, 1.54) is 16.9 Å². The highest BCUT2D eigenvalue weighted by molar-refractivity contribution is 7.19. The van der Waals surface area contributed by atoms with E-state index in [9.17, 15) is 9.59 Å². The fourth-order valence-corrected chi connectivity index (χ4v) is 4.01. The number of carbonyl (C=O) groups is 2. The zero-order valence-corrected chi connectivity index (χ0v) is 16.0. The Kier molecular flexibility index (Phi) is 5.34. The number of fused-ring (bicyclic) bond motifs is 1. The maximum Gasteiger partial charge on any atom is 0.318 e. The lowest BCUT2D eigenvalue weighted by Crippen LogP contribution is -2.45. The number of nitrogens with zero attached hydrogens (tertiary/aromatic N) is 2. The van der Waals surface area contributed by atoms with Crippen molar-refractivity contribution in [2.75, 3.05) is 18.4 Å². The molecule has 2 heterocycles. The Labute approximate surface area is 167 Å². The lowest BCUT2D eigenvalue weighted by Gasteiger charge is -2.28. The molecule has 0 aliphatic carbocycles. The van der Waals surface area contributed by atoms with Crippen molar-refractivity contribution < 1.29 is 9.59 Å². The van der Waals surface area contributed by atoms with E-state index in [0.717, 1.165) is 22.4 Å². The molecule has 6 nitrogen and oxygen atoms in total. The van der Waals surface area contributed by atoms with Gasteiger partial charge in [0.1, 0.15) is 0 Å². The molecule has 2 aromatic carbocycles. The van der Waals surface area contributed by atoms with Crippen LogP contribution in [0.1, 0.15) is 11.1 Å². The number of urea groups is 1. The van der Waals surface area contributed by atoms with E-state index >= 15 is 0 Å². The molecule has 1 aliphatic rings. The summed E-state index contributed by atoms with van der Waals surface area (Å²) in [6, 6.07) is 17.8. The maximum absolute atomic E-state index is 12.4. The fourth-order valence-electron chi connectivity index (χ4n) is 3.17. The number of anilines is 1. The van der Waals surface area contributed by atoms with Crippen LogP contribution in [0.3, 0.4) is 0 Å². The molecule has 0 atom stereocenters. The Morgan fingerprint density at radius 1 is 1.04 bits per heavy atom. The minimum Gasteiger partial charge on any atom is -0.329 e. The molecule has 3 aromatic rings. The van der Waals surface area contributed by atoms with Gasteiger partial charge >= 0.3 is 6.03 Å². The first-order valence-corrected chi connectivity index (χ1v) is 9.91.